The van der Waals surface area contributed by atoms with Crippen molar-refractivity contribution in [2.24, 2.45) is 0 Å². The number of methoxy groups -OCH3 is 2. The first-order valence-corrected chi connectivity index (χ1v) is 9.68. The van der Waals surface area contributed by atoms with Crippen molar-refractivity contribution in [3.05, 3.63) is 53.6 Å². The molecule has 140 valence electrons. The molecule has 0 saturated carbocycles. The Labute approximate surface area is 160 Å². The Bertz CT molecular complexity index is 736. The van der Waals surface area contributed by atoms with Gasteiger partial charge in [0.2, 0.25) is 5.91 Å². The number of amides is 1. The van der Waals surface area contributed by atoms with Crippen LogP contribution >= 0.6 is 11.8 Å². The minimum atomic E-state index is -0.0622. The van der Waals surface area contributed by atoms with Gasteiger partial charge in [-0.2, -0.15) is 0 Å². The highest BCUT2D eigenvalue weighted by Crippen LogP contribution is 2.29. The summed E-state index contributed by atoms with van der Waals surface area (Å²) in [6.45, 7) is 6.61. The molecule has 2 aromatic rings. The van der Waals surface area contributed by atoms with Gasteiger partial charge in [0.25, 0.3) is 0 Å². The number of rotatable bonds is 7. The van der Waals surface area contributed by atoms with Crippen molar-refractivity contribution in [3.63, 3.8) is 0 Å². The molecule has 0 fully saturated rings. The Hall–Kier alpha value is -2.14. The lowest BCUT2D eigenvalue weighted by Crippen LogP contribution is -2.15. The second-order valence-corrected chi connectivity index (χ2v) is 8.04. The van der Waals surface area contributed by atoms with Crippen LogP contribution in [0.15, 0.2) is 42.5 Å². The van der Waals surface area contributed by atoms with Gasteiger partial charge in [0, 0.05) is 11.8 Å². The van der Waals surface area contributed by atoms with Gasteiger partial charge in [-0.15, -0.1) is 11.8 Å². The molecular formula is C21H27NO3S. The van der Waals surface area contributed by atoms with E-state index >= 15 is 0 Å². The maximum Gasteiger partial charge on any atom is 0.234 e. The zero-order chi connectivity index (χ0) is 19.2. The Balaban J connectivity index is 1.87. The molecule has 0 aliphatic rings. The third kappa shape index (κ3) is 5.70. The summed E-state index contributed by atoms with van der Waals surface area (Å²) >= 11 is 1.59. The van der Waals surface area contributed by atoms with Crippen LogP contribution in [0.2, 0.25) is 0 Å². The fourth-order valence-corrected chi connectivity index (χ4v) is 3.25. The van der Waals surface area contributed by atoms with Crippen molar-refractivity contribution >= 4 is 23.4 Å². The molecule has 5 heteroatoms. The van der Waals surface area contributed by atoms with Crippen LogP contribution in [0.25, 0.3) is 0 Å². The highest BCUT2D eigenvalue weighted by molar-refractivity contribution is 7.99. The molecule has 1 N–H and O–H groups in total. The zero-order valence-corrected chi connectivity index (χ0v) is 16.9. The molecule has 0 saturated heterocycles. The summed E-state index contributed by atoms with van der Waals surface area (Å²) in [5.41, 5.74) is 3.30. The Kier molecular flexibility index (Phi) is 6.98. The maximum atomic E-state index is 12.2. The second-order valence-electron chi connectivity index (χ2n) is 7.05. The predicted octanol–water partition coefficient (Wildman–Crippen LogP) is 4.87. The van der Waals surface area contributed by atoms with Crippen LogP contribution in [-0.2, 0) is 16.0 Å². The summed E-state index contributed by atoms with van der Waals surface area (Å²) in [5, 5.41) is 2.89. The first-order valence-electron chi connectivity index (χ1n) is 8.52. The lowest BCUT2D eigenvalue weighted by molar-refractivity contribution is -0.113. The number of thioether (sulfide) groups is 1. The van der Waals surface area contributed by atoms with Gasteiger partial charge in [0.15, 0.2) is 0 Å². The van der Waals surface area contributed by atoms with Crippen molar-refractivity contribution in [1.82, 2.24) is 0 Å². The highest BCUT2D eigenvalue weighted by atomic mass is 32.2. The highest BCUT2D eigenvalue weighted by Gasteiger charge is 2.13. The average molecular weight is 374 g/mol. The van der Waals surface area contributed by atoms with Crippen molar-refractivity contribution in [2.45, 2.75) is 31.9 Å². The van der Waals surface area contributed by atoms with E-state index in [1.807, 2.05) is 0 Å². The normalized spacial score (nSPS) is 11.1. The van der Waals surface area contributed by atoms with Gasteiger partial charge in [-0.1, -0.05) is 45.0 Å². The summed E-state index contributed by atoms with van der Waals surface area (Å²) in [6.07, 6.45) is 0. The van der Waals surface area contributed by atoms with Gasteiger partial charge < -0.3 is 14.8 Å². The Morgan fingerprint density at radius 1 is 1.04 bits per heavy atom. The van der Waals surface area contributed by atoms with E-state index in [2.05, 4.69) is 50.4 Å². The third-order valence-corrected chi connectivity index (χ3v) is 5.01. The van der Waals surface area contributed by atoms with Crippen molar-refractivity contribution in [2.75, 3.05) is 25.3 Å². The number of benzene rings is 2. The first kappa shape index (κ1) is 20.2. The molecule has 0 aromatic heterocycles. The number of nitrogens with one attached hydrogen (secondary N) is 1. The van der Waals surface area contributed by atoms with Gasteiger partial charge in [-0.05, 0) is 28.7 Å². The largest absolute Gasteiger partial charge is 0.497 e. The number of ether oxygens (including phenoxy) is 2. The quantitative estimate of drug-likeness (QED) is 0.752. The molecule has 1 amide bonds. The van der Waals surface area contributed by atoms with E-state index in [4.69, 9.17) is 9.47 Å². The van der Waals surface area contributed by atoms with Crippen LogP contribution in [0.3, 0.4) is 0 Å². The average Bonchev–Trinajstić information content (AvgIpc) is 2.61. The molecule has 4 nitrogen and oxygen atoms in total. The minimum Gasteiger partial charge on any atom is -0.497 e. The monoisotopic (exact) mass is 373 g/mol. The van der Waals surface area contributed by atoms with Crippen molar-refractivity contribution in [3.8, 4) is 11.5 Å². The number of hydrogen-bond acceptors (Lipinski definition) is 4. The number of carbonyl (C=O) groups excluding carboxylic acids is 1. The summed E-state index contributed by atoms with van der Waals surface area (Å²) < 4.78 is 10.5. The van der Waals surface area contributed by atoms with Gasteiger partial charge >= 0.3 is 0 Å². The van der Waals surface area contributed by atoms with Crippen LogP contribution in [0.1, 0.15) is 31.9 Å². The van der Waals surface area contributed by atoms with E-state index in [0.717, 1.165) is 5.75 Å². The molecule has 26 heavy (non-hydrogen) atoms. The Morgan fingerprint density at radius 2 is 1.73 bits per heavy atom. The fourth-order valence-electron chi connectivity index (χ4n) is 2.46. The van der Waals surface area contributed by atoms with E-state index in [1.165, 1.54) is 11.1 Å². The molecule has 0 atom stereocenters. The van der Waals surface area contributed by atoms with Crippen molar-refractivity contribution < 1.29 is 14.3 Å². The number of hydrogen-bond donors (Lipinski definition) is 1. The molecule has 0 unspecified atom stereocenters. The molecular weight excluding hydrogens is 346 g/mol. The summed E-state index contributed by atoms with van der Waals surface area (Å²) in [5.74, 6) is 2.40. The van der Waals surface area contributed by atoms with E-state index in [-0.39, 0.29) is 11.3 Å². The summed E-state index contributed by atoms with van der Waals surface area (Å²) in [4.78, 5) is 12.2. The standard InChI is InChI=1S/C21H27NO3S/c1-21(2,3)16-8-6-15(7-9-16)13-26-14-20(23)22-18-12-17(24-4)10-11-19(18)25-5/h6-12H,13-14H2,1-5H3,(H,22,23). The van der Waals surface area contributed by atoms with Crippen LogP contribution in [0, 0.1) is 0 Å². The SMILES string of the molecule is COc1ccc(OC)c(NC(=O)CSCc2ccc(C(C)(C)C)cc2)c1. The van der Waals surface area contributed by atoms with Gasteiger partial charge in [0.05, 0.1) is 25.7 Å². The molecule has 2 aromatic carbocycles. The molecule has 2 rings (SSSR count). The fraction of sp³-hybridized carbons (Fsp3) is 0.381. The molecule has 0 heterocycles. The van der Waals surface area contributed by atoms with Crippen LogP contribution in [-0.4, -0.2) is 25.9 Å². The summed E-state index contributed by atoms with van der Waals surface area (Å²) in [7, 11) is 3.17. The van der Waals surface area contributed by atoms with Crippen LogP contribution in [0.4, 0.5) is 5.69 Å². The zero-order valence-electron chi connectivity index (χ0n) is 16.1. The molecule has 0 spiro atoms. The lowest BCUT2D eigenvalue weighted by Gasteiger charge is -2.19. The van der Waals surface area contributed by atoms with E-state index in [9.17, 15) is 4.79 Å². The van der Waals surface area contributed by atoms with Gasteiger partial charge in [-0.25, -0.2) is 0 Å². The van der Waals surface area contributed by atoms with Crippen LogP contribution in [0.5, 0.6) is 11.5 Å². The van der Waals surface area contributed by atoms with E-state index < -0.39 is 0 Å². The molecule has 0 aliphatic carbocycles. The first-order chi connectivity index (χ1) is 12.3. The molecule has 0 bridgehead atoms. The van der Waals surface area contributed by atoms with Crippen molar-refractivity contribution in [1.29, 1.82) is 0 Å². The Morgan fingerprint density at radius 3 is 2.31 bits per heavy atom. The maximum absolute atomic E-state index is 12.2. The van der Waals surface area contributed by atoms with Gasteiger partial charge in [0.1, 0.15) is 11.5 Å². The lowest BCUT2D eigenvalue weighted by atomic mass is 9.87. The number of anilines is 1. The van der Waals surface area contributed by atoms with E-state index in [0.29, 0.717) is 22.9 Å². The smallest absolute Gasteiger partial charge is 0.234 e. The minimum absolute atomic E-state index is 0.0622. The molecule has 0 aliphatic heterocycles. The van der Waals surface area contributed by atoms with Gasteiger partial charge in [-0.3, -0.25) is 4.79 Å². The number of carbonyl (C=O) groups is 1. The third-order valence-electron chi connectivity index (χ3n) is 4.00. The molecule has 0 radical (unpaired) electrons. The second kappa shape index (κ2) is 8.99. The predicted molar refractivity (Wildman–Crippen MR) is 109 cm³/mol. The van der Waals surface area contributed by atoms with Crippen LogP contribution < -0.4 is 14.8 Å². The topological polar surface area (TPSA) is 47.6 Å². The van der Waals surface area contributed by atoms with E-state index in [1.54, 1.807) is 44.2 Å². The summed E-state index contributed by atoms with van der Waals surface area (Å²) in [6, 6.07) is 13.9.